The molecule has 17 heavy (non-hydrogen) atoms. The molecule has 1 saturated heterocycles. The molecular formula is C11H16N4O2. The van der Waals surface area contributed by atoms with Crippen LogP contribution in [0.25, 0.3) is 0 Å². The van der Waals surface area contributed by atoms with Gasteiger partial charge in [0.25, 0.3) is 11.5 Å². The third-order valence-corrected chi connectivity index (χ3v) is 2.82. The molecule has 6 nitrogen and oxygen atoms in total. The molecule has 0 saturated carbocycles. The number of nitrogens with one attached hydrogen (secondary N) is 2. The van der Waals surface area contributed by atoms with Crippen LogP contribution in [0.5, 0.6) is 0 Å². The summed E-state index contributed by atoms with van der Waals surface area (Å²) in [6.45, 7) is 4.41. The summed E-state index contributed by atoms with van der Waals surface area (Å²) >= 11 is 0. The minimum atomic E-state index is -0.297. The summed E-state index contributed by atoms with van der Waals surface area (Å²) in [6, 6.07) is 3.04. The lowest BCUT2D eigenvalue weighted by Gasteiger charge is -2.37. The Morgan fingerprint density at radius 3 is 2.76 bits per heavy atom. The molecule has 6 heteroatoms. The van der Waals surface area contributed by atoms with Crippen LogP contribution in [-0.4, -0.2) is 46.7 Å². The standard InChI is InChI=1S/C11H16N4O2/c1-2-5-15(8-6-12-7-8)11(17)9-3-4-10(16)14-13-9/h3-4,8,12H,2,5-7H2,1H3,(H,14,16). The van der Waals surface area contributed by atoms with Crippen LogP contribution in [0.2, 0.25) is 0 Å². The summed E-state index contributed by atoms with van der Waals surface area (Å²) in [6.07, 6.45) is 0.908. The molecule has 2 heterocycles. The maximum Gasteiger partial charge on any atom is 0.274 e. The Morgan fingerprint density at radius 2 is 2.29 bits per heavy atom. The number of carbonyl (C=O) groups excluding carboxylic acids is 1. The van der Waals surface area contributed by atoms with Crippen molar-refractivity contribution in [3.63, 3.8) is 0 Å². The summed E-state index contributed by atoms with van der Waals surface area (Å²) in [5.74, 6) is -0.116. The molecule has 0 spiro atoms. The molecule has 92 valence electrons. The van der Waals surface area contributed by atoms with Crippen LogP contribution in [0, 0.1) is 0 Å². The van der Waals surface area contributed by atoms with Gasteiger partial charge in [-0.05, 0) is 12.5 Å². The van der Waals surface area contributed by atoms with Crippen molar-refractivity contribution in [3.8, 4) is 0 Å². The van der Waals surface area contributed by atoms with Gasteiger partial charge in [-0.25, -0.2) is 5.10 Å². The molecule has 1 aliphatic rings. The van der Waals surface area contributed by atoms with E-state index in [0.29, 0.717) is 12.2 Å². The molecular weight excluding hydrogens is 220 g/mol. The second kappa shape index (κ2) is 5.09. The Hall–Kier alpha value is -1.69. The van der Waals surface area contributed by atoms with Gasteiger partial charge in [-0.1, -0.05) is 6.92 Å². The smallest absolute Gasteiger partial charge is 0.274 e. The highest BCUT2D eigenvalue weighted by Crippen LogP contribution is 2.09. The Labute approximate surface area is 99.0 Å². The minimum Gasteiger partial charge on any atom is -0.332 e. The summed E-state index contributed by atoms with van der Waals surface area (Å²) in [4.78, 5) is 24.9. The lowest BCUT2D eigenvalue weighted by molar-refractivity contribution is 0.0608. The average Bonchev–Trinajstić information content (AvgIpc) is 2.26. The number of carbonyl (C=O) groups is 1. The molecule has 1 fully saturated rings. The van der Waals surface area contributed by atoms with E-state index in [0.717, 1.165) is 19.5 Å². The molecule has 0 atom stereocenters. The molecule has 0 aliphatic carbocycles. The largest absolute Gasteiger partial charge is 0.332 e. The Bertz CT molecular complexity index is 433. The molecule has 0 radical (unpaired) electrons. The Morgan fingerprint density at radius 1 is 1.53 bits per heavy atom. The Kier molecular flexibility index (Phi) is 3.53. The number of aromatic nitrogens is 2. The molecule has 2 N–H and O–H groups in total. The van der Waals surface area contributed by atoms with Gasteiger partial charge in [0.1, 0.15) is 5.69 Å². The van der Waals surface area contributed by atoms with E-state index in [1.165, 1.54) is 12.1 Å². The number of amides is 1. The van der Waals surface area contributed by atoms with Crippen molar-refractivity contribution in [1.82, 2.24) is 20.4 Å². The molecule has 0 bridgehead atoms. The fraction of sp³-hybridized carbons (Fsp3) is 0.545. The zero-order valence-electron chi connectivity index (χ0n) is 9.77. The predicted octanol–water partition coefficient (Wildman–Crippen LogP) is -0.406. The average molecular weight is 236 g/mol. The predicted molar refractivity (Wildman–Crippen MR) is 62.8 cm³/mol. The van der Waals surface area contributed by atoms with Crippen LogP contribution in [0.4, 0.5) is 0 Å². The first-order valence-corrected chi connectivity index (χ1v) is 5.79. The number of hydrogen-bond acceptors (Lipinski definition) is 4. The number of hydrogen-bond donors (Lipinski definition) is 2. The van der Waals surface area contributed by atoms with Crippen molar-refractivity contribution in [1.29, 1.82) is 0 Å². The van der Waals surface area contributed by atoms with Crippen LogP contribution in [0.15, 0.2) is 16.9 Å². The van der Waals surface area contributed by atoms with E-state index in [4.69, 9.17) is 0 Å². The summed E-state index contributed by atoms with van der Waals surface area (Å²) in [7, 11) is 0. The van der Waals surface area contributed by atoms with E-state index in [1.54, 1.807) is 0 Å². The van der Waals surface area contributed by atoms with Crippen LogP contribution >= 0.6 is 0 Å². The maximum absolute atomic E-state index is 12.2. The van der Waals surface area contributed by atoms with Crippen molar-refractivity contribution < 1.29 is 4.79 Å². The van der Waals surface area contributed by atoms with Gasteiger partial charge < -0.3 is 10.2 Å². The van der Waals surface area contributed by atoms with Gasteiger partial charge in [-0.2, -0.15) is 5.10 Å². The van der Waals surface area contributed by atoms with Crippen molar-refractivity contribution in [2.45, 2.75) is 19.4 Å². The molecule has 1 aromatic rings. The highest BCUT2D eigenvalue weighted by atomic mass is 16.2. The second-order valence-corrected chi connectivity index (χ2v) is 4.12. The highest BCUT2D eigenvalue weighted by molar-refractivity contribution is 5.92. The topological polar surface area (TPSA) is 78.1 Å². The van der Waals surface area contributed by atoms with E-state index in [1.807, 2.05) is 11.8 Å². The normalized spacial score (nSPS) is 15.4. The molecule has 1 aromatic heterocycles. The maximum atomic E-state index is 12.2. The van der Waals surface area contributed by atoms with Gasteiger partial charge in [0.15, 0.2) is 0 Å². The monoisotopic (exact) mass is 236 g/mol. The van der Waals surface area contributed by atoms with Gasteiger partial charge in [0.05, 0.1) is 6.04 Å². The number of aromatic amines is 1. The first kappa shape index (κ1) is 11.8. The molecule has 1 aliphatic heterocycles. The van der Waals surface area contributed by atoms with Crippen molar-refractivity contribution in [3.05, 3.63) is 28.2 Å². The van der Waals surface area contributed by atoms with E-state index < -0.39 is 0 Å². The molecule has 0 unspecified atom stereocenters. The quantitative estimate of drug-likeness (QED) is 0.745. The Balaban J connectivity index is 2.14. The minimum absolute atomic E-state index is 0.116. The van der Waals surface area contributed by atoms with Gasteiger partial charge in [0, 0.05) is 25.7 Å². The number of H-pyrrole nitrogens is 1. The third-order valence-electron chi connectivity index (χ3n) is 2.82. The second-order valence-electron chi connectivity index (χ2n) is 4.12. The van der Waals surface area contributed by atoms with Gasteiger partial charge >= 0.3 is 0 Å². The van der Waals surface area contributed by atoms with Gasteiger partial charge in [0.2, 0.25) is 0 Å². The van der Waals surface area contributed by atoms with Gasteiger partial charge in [-0.15, -0.1) is 0 Å². The summed E-state index contributed by atoms with van der Waals surface area (Å²) < 4.78 is 0. The van der Waals surface area contributed by atoms with Crippen LogP contribution in [-0.2, 0) is 0 Å². The SMILES string of the molecule is CCCN(C(=O)c1ccc(=O)[nH]n1)C1CNC1. The fourth-order valence-corrected chi connectivity index (χ4v) is 1.80. The van der Waals surface area contributed by atoms with Crippen LogP contribution in [0.1, 0.15) is 23.8 Å². The van der Waals surface area contributed by atoms with Gasteiger partial charge in [-0.3, -0.25) is 9.59 Å². The summed E-state index contributed by atoms with van der Waals surface area (Å²) in [5, 5.41) is 9.20. The molecule has 1 amide bonds. The number of rotatable bonds is 4. The van der Waals surface area contributed by atoms with E-state index in [9.17, 15) is 9.59 Å². The first-order chi connectivity index (χ1) is 8.22. The molecule has 0 aromatic carbocycles. The van der Waals surface area contributed by atoms with Crippen molar-refractivity contribution >= 4 is 5.91 Å². The summed E-state index contributed by atoms with van der Waals surface area (Å²) in [5.41, 5.74) is -0.00106. The fourth-order valence-electron chi connectivity index (χ4n) is 1.80. The van der Waals surface area contributed by atoms with Crippen LogP contribution < -0.4 is 10.9 Å². The first-order valence-electron chi connectivity index (χ1n) is 5.79. The van der Waals surface area contributed by atoms with Crippen molar-refractivity contribution in [2.24, 2.45) is 0 Å². The van der Waals surface area contributed by atoms with Crippen LogP contribution in [0.3, 0.4) is 0 Å². The molecule has 2 rings (SSSR count). The lowest BCUT2D eigenvalue weighted by Crippen LogP contribution is -2.59. The lowest BCUT2D eigenvalue weighted by atomic mass is 10.1. The van der Waals surface area contributed by atoms with E-state index >= 15 is 0 Å². The highest BCUT2D eigenvalue weighted by Gasteiger charge is 2.29. The van der Waals surface area contributed by atoms with E-state index in [-0.39, 0.29) is 17.5 Å². The third kappa shape index (κ3) is 2.52. The van der Waals surface area contributed by atoms with E-state index in [2.05, 4.69) is 15.5 Å². The number of nitrogens with zero attached hydrogens (tertiary/aromatic N) is 2. The zero-order valence-corrected chi connectivity index (χ0v) is 9.77. The van der Waals surface area contributed by atoms with Crippen molar-refractivity contribution in [2.75, 3.05) is 19.6 Å². The zero-order chi connectivity index (χ0) is 12.3.